The zero-order chi connectivity index (χ0) is 17.3. The largest absolute Gasteiger partial charge is 0.342 e. The standard InChI is InChI=1S/C21H34N2O2/c24-19(17-7-3-1-4-8-17)22-14-11-21(12-15-22)13-16-23(20(21)25)18-9-5-2-6-10-18/h17-18H,1-16H2. The van der Waals surface area contributed by atoms with E-state index in [2.05, 4.69) is 9.80 Å². The molecule has 2 aliphatic heterocycles. The van der Waals surface area contributed by atoms with Gasteiger partial charge in [-0.3, -0.25) is 9.59 Å². The Kier molecular flexibility index (Phi) is 5.06. The topological polar surface area (TPSA) is 40.6 Å². The molecule has 2 heterocycles. The number of likely N-dealkylation sites (tertiary alicyclic amines) is 2. The third-order valence-electron chi connectivity index (χ3n) is 7.55. The molecule has 4 nitrogen and oxygen atoms in total. The Labute approximate surface area is 152 Å². The van der Waals surface area contributed by atoms with Crippen molar-refractivity contribution in [2.75, 3.05) is 19.6 Å². The van der Waals surface area contributed by atoms with Gasteiger partial charge in [0.25, 0.3) is 0 Å². The van der Waals surface area contributed by atoms with Crippen LogP contribution in [0.4, 0.5) is 0 Å². The molecule has 0 bridgehead atoms. The van der Waals surface area contributed by atoms with Crippen LogP contribution in [0.5, 0.6) is 0 Å². The maximum absolute atomic E-state index is 13.2. The highest BCUT2D eigenvalue weighted by molar-refractivity contribution is 5.86. The Morgan fingerprint density at radius 1 is 0.800 bits per heavy atom. The van der Waals surface area contributed by atoms with E-state index in [-0.39, 0.29) is 11.3 Å². The Morgan fingerprint density at radius 2 is 1.36 bits per heavy atom. The van der Waals surface area contributed by atoms with Crippen LogP contribution < -0.4 is 0 Å². The van der Waals surface area contributed by atoms with Crippen molar-refractivity contribution in [1.29, 1.82) is 0 Å². The van der Waals surface area contributed by atoms with E-state index >= 15 is 0 Å². The minimum Gasteiger partial charge on any atom is -0.342 e. The van der Waals surface area contributed by atoms with Crippen molar-refractivity contribution in [3.8, 4) is 0 Å². The minimum absolute atomic E-state index is 0.138. The second kappa shape index (κ2) is 7.28. The molecule has 4 rings (SSSR count). The minimum atomic E-state index is -0.138. The molecule has 0 aromatic heterocycles. The molecule has 4 aliphatic rings. The zero-order valence-electron chi connectivity index (χ0n) is 15.7. The van der Waals surface area contributed by atoms with Gasteiger partial charge >= 0.3 is 0 Å². The first kappa shape index (κ1) is 17.4. The number of hydrogen-bond acceptors (Lipinski definition) is 2. The monoisotopic (exact) mass is 346 g/mol. The first-order valence-corrected chi connectivity index (χ1v) is 10.8. The molecule has 2 amide bonds. The summed E-state index contributed by atoms with van der Waals surface area (Å²) in [6.07, 6.45) is 15.0. The van der Waals surface area contributed by atoms with Crippen LogP contribution in [0.2, 0.25) is 0 Å². The molecule has 0 aromatic carbocycles. The Hall–Kier alpha value is -1.06. The molecule has 0 N–H and O–H groups in total. The van der Waals surface area contributed by atoms with Crippen molar-refractivity contribution in [3.63, 3.8) is 0 Å². The van der Waals surface area contributed by atoms with Gasteiger partial charge in [0.05, 0.1) is 5.41 Å². The molecule has 0 atom stereocenters. The van der Waals surface area contributed by atoms with E-state index in [0.29, 0.717) is 17.9 Å². The molecular weight excluding hydrogens is 312 g/mol. The average molecular weight is 347 g/mol. The van der Waals surface area contributed by atoms with Crippen molar-refractivity contribution in [3.05, 3.63) is 0 Å². The Morgan fingerprint density at radius 3 is 2.00 bits per heavy atom. The van der Waals surface area contributed by atoms with Gasteiger partial charge in [-0.2, -0.15) is 0 Å². The van der Waals surface area contributed by atoms with E-state index in [1.165, 1.54) is 51.4 Å². The van der Waals surface area contributed by atoms with Gasteiger partial charge in [-0.1, -0.05) is 38.5 Å². The molecule has 0 unspecified atom stereocenters. The molecule has 1 spiro atoms. The fourth-order valence-corrected chi connectivity index (χ4v) is 5.82. The average Bonchev–Trinajstić information content (AvgIpc) is 2.99. The summed E-state index contributed by atoms with van der Waals surface area (Å²) >= 11 is 0. The fraction of sp³-hybridized carbons (Fsp3) is 0.905. The maximum Gasteiger partial charge on any atom is 0.229 e. The van der Waals surface area contributed by atoms with Crippen molar-refractivity contribution >= 4 is 11.8 Å². The molecule has 0 radical (unpaired) electrons. The molecule has 2 saturated carbocycles. The summed E-state index contributed by atoms with van der Waals surface area (Å²) in [5, 5.41) is 0. The SMILES string of the molecule is O=C(C1CCCCC1)N1CCC2(CC1)CCN(C1CCCCC1)C2=O. The first-order valence-electron chi connectivity index (χ1n) is 10.8. The number of nitrogens with zero attached hydrogens (tertiary/aromatic N) is 2. The summed E-state index contributed by atoms with van der Waals surface area (Å²) in [5.41, 5.74) is -0.138. The van der Waals surface area contributed by atoms with Gasteiger partial charge in [0.1, 0.15) is 0 Å². The summed E-state index contributed by atoms with van der Waals surface area (Å²) < 4.78 is 0. The van der Waals surface area contributed by atoms with Crippen molar-refractivity contribution < 1.29 is 9.59 Å². The van der Waals surface area contributed by atoms with Crippen LogP contribution in [0, 0.1) is 11.3 Å². The van der Waals surface area contributed by atoms with Crippen LogP contribution in [-0.4, -0.2) is 47.3 Å². The second-order valence-electron chi connectivity index (χ2n) is 8.98. The summed E-state index contributed by atoms with van der Waals surface area (Å²) in [4.78, 5) is 30.3. The lowest BCUT2D eigenvalue weighted by atomic mass is 9.76. The van der Waals surface area contributed by atoms with Gasteiger partial charge in [0.15, 0.2) is 0 Å². The van der Waals surface area contributed by atoms with Crippen LogP contribution in [0.25, 0.3) is 0 Å². The van der Waals surface area contributed by atoms with Crippen molar-refractivity contribution in [2.45, 2.75) is 89.5 Å². The molecule has 25 heavy (non-hydrogen) atoms. The number of carbonyl (C=O) groups excluding carboxylic acids is 2. The number of hydrogen-bond donors (Lipinski definition) is 0. The van der Waals surface area contributed by atoms with Crippen LogP contribution in [-0.2, 0) is 9.59 Å². The second-order valence-corrected chi connectivity index (χ2v) is 8.98. The Balaban J connectivity index is 1.34. The molecular formula is C21H34N2O2. The van der Waals surface area contributed by atoms with Gasteiger partial charge in [0, 0.05) is 31.6 Å². The lowest BCUT2D eigenvalue weighted by Gasteiger charge is -2.40. The molecule has 2 saturated heterocycles. The number of piperidine rings is 1. The lowest BCUT2D eigenvalue weighted by molar-refractivity contribution is -0.146. The van der Waals surface area contributed by atoms with Gasteiger partial charge in [-0.05, 0) is 44.9 Å². The van der Waals surface area contributed by atoms with E-state index in [0.717, 1.165) is 51.7 Å². The van der Waals surface area contributed by atoms with E-state index in [9.17, 15) is 9.59 Å². The summed E-state index contributed by atoms with van der Waals surface area (Å²) in [6, 6.07) is 0.502. The van der Waals surface area contributed by atoms with Crippen LogP contribution in [0.3, 0.4) is 0 Å². The predicted octanol–water partition coefficient (Wildman–Crippen LogP) is 3.74. The van der Waals surface area contributed by atoms with Gasteiger partial charge in [0.2, 0.25) is 11.8 Å². The smallest absolute Gasteiger partial charge is 0.229 e. The number of rotatable bonds is 2. The lowest BCUT2D eigenvalue weighted by Crippen LogP contribution is -2.49. The van der Waals surface area contributed by atoms with Gasteiger partial charge in [-0.25, -0.2) is 0 Å². The molecule has 2 aliphatic carbocycles. The molecule has 4 fully saturated rings. The van der Waals surface area contributed by atoms with Crippen LogP contribution in [0.1, 0.15) is 83.5 Å². The zero-order valence-corrected chi connectivity index (χ0v) is 15.7. The van der Waals surface area contributed by atoms with Gasteiger partial charge in [-0.15, -0.1) is 0 Å². The fourth-order valence-electron chi connectivity index (χ4n) is 5.82. The third-order valence-corrected chi connectivity index (χ3v) is 7.55. The highest BCUT2D eigenvalue weighted by Crippen LogP contribution is 2.44. The van der Waals surface area contributed by atoms with Gasteiger partial charge < -0.3 is 9.80 Å². The molecule has 0 aromatic rings. The maximum atomic E-state index is 13.2. The highest BCUT2D eigenvalue weighted by Gasteiger charge is 2.50. The summed E-state index contributed by atoms with van der Waals surface area (Å²) in [6.45, 7) is 2.57. The third kappa shape index (κ3) is 3.33. The molecule has 140 valence electrons. The van der Waals surface area contributed by atoms with E-state index in [1.807, 2.05) is 0 Å². The number of amides is 2. The highest BCUT2D eigenvalue weighted by atomic mass is 16.2. The van der Waals surface area contributed by atoms with Crippen molar-refractivity contribution in [2.24, 2.45) is 11.3 Å². The van der Waals surface area contributed by atoms with E-state index < -0.39 is 0 Å². The van der Waals surface area contributed by atoms with E-state index in [4.69, 9.17) is 0 Å². The summed E-state index contributed by atoms with van der Waals surface area (Å²) in [5.74, 6) is 1.06. The van der Waals surface area contributed by atoms with Crippen molar-refractivity contribution in [1.82, 2.24) is 9.80 Å². The number of carbonyl (C=O) groups is 2. The normalized spacial score (nSPS) is 28.7. The first-order chi connectivity index (χ1) is 12.2. The summed E-state index contributed by atoms with van der Waals surface area (Å²) in [7, 11) is 0. The quantitative estimate of drug-likeness (QED) is 0.764. The van der Waals surface area contributed by atoms with E-state index in [1.54, 1.807) is 0 Å². The van der Waals surface area contributed by atoms with Crippen LogP contribution >= 0.6 is 0 Å². The predicted molar refractivity (Wildman–Crippen MR) is 98.0 cm³/mol. The van der Waals surface area contributed by atoms with Crippen LogP contribution in [0.15, 0.2) is 0 Å². The Bertz CT molecular complexity index is 498. The molecule has 4 heteroatoms.